The Labute approximate surface area is 124 Å². The summed E-state index contributed by atoms with van der Waals surface area (Å²) in [7, 11) is 0. The summed E-state index contributed by atoms with van der Waals surface area (Å²) in [5, 5.41) is 0.730. The quantitative estimate of drug-likeness (QED) is 0.901. The zero-order valence-electron chi connectivity index (χ0n) is 11.7. The van der Waals surface area contributed by atoms with Gasteiger partial charge in [0, 0.05) is 22.5 Å². The van der Waals surface area contributed by atoms with E-state index in [-0.39, 0.29) is 5.41 Å². The third-order valence-electron chi connectivity index (χ3n) is 3.90. The molecule has 0 saturated carbocycles. The zero-order valence-corrected chi connectivity index (χ0v) is 12.5. The van der Waals surface area contributed by atoms with Crippen molar-refractivity contribution >= 4 is 11.6 Å². The van der Waals surface area contributed by atoms with Crippen molar-refractivity contribution in [3.8, 4) is 16.9 Å². The van der Waals surface area contributed by atoms with Gasteiger partial charge in [0.25, 0.3) is 0 Å². The van der Waals surface area contributed by atoms with Crippen LogP contribution in [0, 0.1) is 0 Å². The third-order valence-corrected chi connectivity index (χ3v) is 4.14. The summed E-state index contributed by atoms with van der Waals surface area (Å²) in [5.41, 5.74) is 10.5. The molecule has 3 rings (SSSR count). The summed E-state index contributed by atoms with van der Waals surface area (Å²) in [6.45, 7) is 5.63. The monoisotopic (exact) mass is 287 g/mol. The van der Waals surface area contributed by atoms with Crippen LogP contribution < -0.4 is 10.5 Å². The predicted octanol–water partition coefficient (Wildman–Crippen LogP) is 4.14. The highest BCUT2D eigenvalue weighted by molar-refractivity contribution is 6.30. The largest absolute Gasteiger partial charge is 0.492 e. The van der Waals surface area contributed by atoms with E-state index in [1.165, 1.54) is 5.56 Å². The number of ether oxygens (including phenoxy) is 1. The van der Waals surface area contributed by atoms with E-state index in [0.29, 0.717) is 6.54 Å². The smallest absolute Gasteiger partial charge is 0.123 e. The highest BCUT2D eigenvalue weighted by Gasteiger charge is 2.31. The van der Waals surface area contributed by atoms with Crippen molar-refractivity contribution in [1.82, 2.24) is 0 Å². The first-order valence-corrected chi connectivity index (χ1v) is 7.15. The molecule has 104 valence electrons. The fraction of sp³-hybridized carbons (Fsp3) is 0.294. The van der Waals surface area contributed by atoms with Crippen molar-refractivity contribution in [3.63, 3.8) is 0 Å². The first-order valence-electron chi connectivity index (χ1n) is 6.77. The second kappa shape index (κ2) is 4.80. The molecule has 20 heavy (non-hydrogen) atoms. The molecule has 0 atom stereocenters. The first-order chi connectivity index (χ1) is 9.51. The zero-order chi connectivity index (χ0) is 14.3. The molecule has 0 bridgehead atoms. The molecule has 1 heterocycles. The second-order valence-corrected chi connectivity index (χ2v) is 6.33. The van der Waals surface area contributed by atoms with Crippen molar-refractivity contribution in [2.24, 2.45) is 5.73 Å². The summed E-state index contributed by atoms with van der Waals surface area (Å²) in [6.07, 6.45) is 0. The first kappa shape index (κ1) is 13.5. The molecule has 0 spiro atoms. The van der Waals surface area contributed by atoms with Gasteiger partial charge < -0.3 is 10.5 Å². The van der Waals surface area contributed by atoms with Gasteiger partial charge in [-0.05, 0) is 41.0 Å². The maximum Gasteiger partial charge on any atom is 0.123 e. The minimum atomic E-state index is 0.0484. The number of benzene rings is 2. The van der Waals surface area contributed by atoms with Crippen molar-refractivity contribution in [2.45, 2.75) is 25.8 Å². The van der Waals surface area contributed by atoms with Crippen LogP contribution in [-0.2, 0) is 12.0 Å². The Morgan fingerprint density at radius 1 is 1.20 bits per heavy atom. The Bertz CT molecular complexity index is 664. The Balaban J connectivity index is 2.15. The van der Waals surface area contributed by atoms with E-state index in [2.05, 4.69) is 26.0 Å². The molecular formula is C17H18ClNO. The Morgan fingerprint density at radius 3 is 2.75 bits per heavy atom. The number of hydrogen-bond donors (Lipinski definition) is 1. The Kier molecular flexibility index (Phi) is 3.23. The molecule has 1 aliphatic heterocycles. The van der Waals surface area contributed by atoms with Gasteiger partial charge in [0.05, 0.1) is 6.61 Å². The van der Waals surface area contributed by atoms with Crippen LogP contribution in [0.15, 0.2) is 36.4 Å². The van der Waals surface area contributed by atoms with Crippen molar-refractivity contribution in [1.29, 1.82) is 0 Å². The predicted molar refractivity (Wildman–Crippen MR) is 83.3 cm³/mol. The lowest BCUT2D eigenvalue weighted by Crippen LogP contribution is -2.18. The van der Waals surface area contributed by atoms with Crippen LogP contribution in [0.3, 0.4) is 0 Å². The fourth-order valence-corrected chi connectivity index (χ4v) is 2.86. The van der Waals surface area contributed by atoms with E-state index in [1.54, 1.807) is 0 Å². The highest BCUT2D eigenvalue weighted by Crippen LogP contribution is 2.41. The van der Waals surface area contributed by atoms with Crippen LogP contribution in [-0.4, -0.2) is 6.61 Å². The highest BCUT2D eigenvalue weighted by atomic mass is 35.5. The van der Waals surface area contributed by atoms with Gasteiger partial charge in [0.15, 0.2) is 0 Å². The number of halogens is 1. The lowest BCUT2D eigenvalue weighted by molar-refractivity contribution is 0.291. The van der Waals surface area contributed by atoms with E-state index in [1.807, 2.05) is 24.3 Å². The summed E-state index contributed by atoms with van der Waals surface area (Å²) in [5.74, 6) is 0.982. The molecule has 0 aliphatic carbocycles. The van der Waals surface area contributed by atoms with Gasteiger partial charge in [-0.15, -0.1) is 0 Å². The van der Waals surface area contributed by atoms with Gasteiger partial charge in [0.2, 0.25) is 0 Å². The van der Waals surface area contributed by atoms with Crippen LogP contribution in [0.5, 0.6) is 5.75 Å². The van der Waals surface area contributed by atoms with Gasteiger partial charge in [-0.25, -0.2) is 0 Å². The van der Waals surface area contributed by atoms with E-state index >= 15 is 0 Å². The molecule has 2 aromatic carbocycles. The van der Waals surface area contributed by atoms with Gasteiger partial charge in [-0.1, -0.05) is 37.6 Å². The minimum absolute atomic E-state index is 0.0484. The minimum Gasteiger partial charge on any atom is -0.492 e. The van der Waals surface area contributed by atoms with Crippen LogP contribution in [0.1, 0.15) is 25.0 Å². The van der Waals surface area contributed by atoms with Crippen LogP contribution in [0.2, 0.25) is 5.02 Å². The number of rotatable bonds is 2. The molecule has 1 aliphatic rings. The molecule has 3 heteroatoms. The van der Waals surface area contributed by atoms with Gasteiger partial charge in [-0.3, -0.25) is 0 Å². The normalized spacial score (nSPS) is 15.8. The molecule has 0 radical (unpaired) electrons. The van der Waals surface area contributed by atoms with E-state index < -0.39 is 0 Å². The van der Waals surface area contributed by atoms with Gasteiger partial charge in [0.1, 0.15) is 5.75 Å². The number of nitrogens with two attached hydrogens (primary N) is 1. The Morgan fingerprint density at radius 2 is 2.00 bits per heavy atom. The van der Waals surface area contributed by atoms with Crippen molar-refractivity contribution < 1.29 is 4.74 Å². The fourth-order valence-electron chi connectivity index (χ4n) is 2.68. The summed E-state index contributed by atoms with van der Waals surface area (Å²) in [6, 6.07) is 12.2. The second-order valence-electron chi connectivity index (χ2n) is 5.89. The topological polar surface area (TPSA) is 35.2 Å². The average Bonchev–Trinajstić information content (AvgIpc) is 2.74. The average molecular weight is 288 g/mol. The molecular weight excluding hydrogens is 270 g/mol. The van der Waals surface area contributed by atoms with Crippen LogP contribution in [0.25, 0.3) is 11.1 Å². The lowest BCUT2D eigenvalue weighted by atomic mass is 9.85. The summed E-state index contributed by atoms with van der Waals surface area (Å²) < 4.78 is 5.73. The molecule has 0 aromatic heterocycles. The standard InChI is InChI=1S/C17H18ClNO/c1-17(2)10-20-16-6-4-11(7-15(16)17)14-8-13(18)5-3-12(14)9-19/h3-8H,9-10,19H2,1-2H3. The van der Waals surface area contributed by atoms with Crippen LogP contribution >= 0.6 is 11.6 Å². The summed E-state index contributed by atoms with van der Waals surface area (Å²) >= 11 is 6.13. The summed E-state index contributed by atoms with van der Waals surface area (Å²) in [4.78, 5) is 0. The third kappa shape index (κ3) is 2.19. The molecule has 0 amide bonds. The SMILES string of the molecule is CC1(C)COc2ccc(-c3cc(Cl)ccc3CN)cc21. The molecule has 0 fully saturated rings. The molecule has 2 aromatic rings. The number of fused-ring (bicyclic) bond motifs is 1. The van der Waals surface area contributed by atoms with E-state index in [4.69, 9.17) is 22.1 Å². The van der Waals surface area contributed by atoms with Crippen molar-refractivity contribution in [2.75, 3.05) is 6.61 Å². The van der Waals surface area contributed by atoms with Crippen LogP contribution in [0.4, 0.5) is 0 Å². The maximum atomic E-state index is 6.13. The molecule has 2 nitrogen and oxygen atoms in total. The molecule has 0 saturated heterocycles. The Hall–Kier alpha value is -1.51. The van der Waals surface area contributed by atoms with Gasteiger partial charge >= 0.3 is 0 Å². The van der Waals surface area contributed by atoms with Crippen molar-refractivity contribution in [3.05, 3.63) is 52.5 Å². The molecule has 2 N–H and O–H groups in total. The lowest BCUT2D eigenvalue weighted by Gasteiger charge is -2.16. The molecule has 0 unspecified atom stereocenters. The van der Waals surface area contributed by atoms with E-state index in [9.17, 15) is 0 Å². The maximum absolute atomic E-state index is 6.13. The van der Waals surface area contributed by atoms with Gasteiger partial charge in [-0.2, -0.15) is 0 Å². The van der Waals surface area contributed by atoms with E-state index in [0.717, 1.165) is 34.1 Å². The number of hydrogen-bond acceptors (Lipinski definition) is 2.